The van der Waals surface area contributed by atoms with Gasteiger partial charge in [-0.3, -0.25) is 4.79 Å². The van der Waals surface area contributed by atoms with E-state index in [0.29, 0.717) is 36.8 Å². The minimum Gasteiger partial charge on any atom is -0.372 e. The van der Waals surface area contributed by atoms with Gasteiger partial charge in [0.1, 0.15) is 0 Å². The fourth-order valence-corrected chi connectivity index (χ4v) is 3.75. The lowest BCUT2D eigenvalue weighted by Crippen LogP contribution is -2.48. The number of benzene rings is 2. The van der Waals surface area contributed by atoms with Gasteiger partial charge in [-0.1, -0.05) is 41.9 Å². The van der Waals surface area contributed by atoms with Crippen LogP contribution in [0.2, 0.25) is 5.02 Å². The van der Waals surface area contributed by atoms with Crippen molar-refractivity contribution >= 4 is 23.5 Å². The zero-order valence-corrected chi connectivity index (χ0v) is 18.4. The maximum atomic E-state index is 12.7. The molecule has 1 fully saturated rings. The number of ether oxygens (including phenoxy) is 1. The highest BCUT2D eigenvalue weighted by Crippen LogP contribution is 2.17. The molecule has 3 rings (SSSR count). The molecule has 0 bridgehead atoms. The summed E-state index contributed by atoms with van der Waals surface area (Å²) in [6, 6.07) is 14.6. The van der Waals surface area contributed by atoms with E-state index in [4.69, 9.17) is 16.3 Å². The summed E-state index contributed by atoms with van der Waals surface area (Å²) < 4.78 is 5.69. The van der Waals surface area contributed by atoms with E-state index < -0.39 is 0 Å². The van der Waals surface area contributed by atoms with Crippen molar-refractivity contribution in [3.63, 3.8) is 0 Å². The quantitative estimate of drug-likeness (QED) is 0.783. The Kier molecular flexibility index (Phi) is 7.34. The van der Waals surface area contributed by atoms with E-state index >= 15 is 0 Å². The van der Waals surface area contributed by atoms with Crippen LogP contribution in [0.1, 0.15) is 35.3 Å². The number of urea groups is 1. The number of hydrogen-bond donors (Lipinski definition) is 1. The van der Waals surface area contributed by atoms with Gasteiger partial charge in [0, 0.05) is 43.8 Å². The Bertz CT molecular complexity index is 878. The van der Waals surface area contributed by atoms with Gasteiger partial charge in [-0.05, 0) is 43.2 Å². The summed E-state index contributed by atoms with van der Waals surface area (Å²) >= 11 is 6.16. The van der Waals surface area contributed by atoms with Crippen molar-refractivity contribution in [2.75, 3.05) is 20.1 Å². The molecule has 1 N–H and O–H groups in total. The lowest BCUT2D eigenvalue weighted by molar-refractivity contribution is -0.0586. The van der Waals surface area contributed by atoms with E-state index in [2.05, 4.69) is 5.32 Å². The molecule has 2 atom stereocenters. The van der Waals surface area contributed by atoms with Gasteiger partial charge in [0.25, 0.3) is 5.91 Å². The standard InChI is InChI=1S/C23H28ClN3O3/c1-16-13-27(14-17(2)30-16)22(28)19-10-8-18(9-11-19)12-25-23(29)26(3)15-20-6-4-5-7-21(20)24/h4-11,16-17H,12-15H2,1-3H3,(H,25,29). The van der Waals surface area contributed by atoms with Crippen molar-refractivity contribution in [1.82, 2.24) is 15.1 Å². The largest absolute Gasteiger partial charge is 0.372 e. The Hall–Kier alpha value is -2.57. The van der Waals surface area contributed by atoms with E-state index in [9.17, 15) is 9.59 Å². The smallest absolute Gasteiger partial charge is 0.317 e. The summed E-state index contributed by atoms with van der Waals surface area (Å²) in [5.74, 6) is 0.00654. The molecule has 2 unspecified atom stereocenters. The molecule has 7 heteroatoms. The molecule has 2 aromatic carbocycles. The van der Waals surface area contributed by atoms with Gasteiger partial charge in [0.05, 0.1) is 12.2 Å². The number of carbonyl (C=O) groups is 2. The van der Waals surface area contributed by atoms with Gasteiger partial charge < -0.3 is 19.9 Å². The number of rotatable bonds is 5. The van der Waals surface area contributed by atoms with Crippen LogP contribution in [0.25, 0.3) is 0 Å². The third kappa shape index (κ3) is 5.74. The summed E-state index contributed by atoms with van der Waals surface area (Å²) in [6.07, 6.45) is 0.0740. The van der Waals surface area contributed by atoms with E-state index in [0.717, 1.165) is 11.1 Å². The fraction of sp³-hybridized carbons (Fsp3) is 0.391. The molecule has 2 aromatic rings. The molecule has 0 saturated carbocycles. The number of halogens is 1. The van der Waals surface area contributed by atoms with Crippen molar-refractivity contribution in [3.05, 3.63) is 70.2 Å². The third-order valence-corrected chi connectivity index (χ3v) is 5.43. The molecule has 6 nitrogen and oxygen atoms in total. The van der Waals surface area contributed by atoms with Gasteiger partial charge in [-0.15, -0.1) is 0 Å². The van der Waals surface area contributed by atoms with Crippen LogP contribution in [-0.4, -0.2) is 54.1 Å². The normalized spacial score (nSPS) is 18.7. The number of carbonyl (C=O) groups excluding carboxylic acids is 2. The zero-order valence-electron chi connectivity index (χ0n) is 17.6. The van der Waals surface area contributed by atoms with Crippen molar-refractivity contribution in [2.45, 2.75) is 39.1 Å². The Morgan fingerprint density at radius 3 is 2.37 bits per heavy atom. The number of nitrogens with zero attached hydrogens (tertiary/aromatic N) is 2. The average molecular weight is 430 g/mol. The van der Waals surface area contributed by atoms with Crippen molar-refractivity contribution in [2.24, 2.45) is 0 Å². The highest BCUT2D eigenvalue weighted by atomic mass is 35.5. The van der Waals surface area contributed by atoms with Gasteiger partial charge >= 0.3 is 6.03 Å². The summed E-state index contributed by atoms with van der Waals surface area (Å²) in [7, 11) is 1.73. The minimum absolute atomic E-state index is 0.00654. The summed E-state index contributed by atoms with van der Waals surface area (Å²) in [5.41, 5.74) is 2.46. The van der Waals surface area contributed by atoms with Crippen LogP contribution in [0.5, 0.6) is 0 Å². The first-order chi connectivity index (χ1) is 14.3. The Balaban J connectivity index is 1.52. The van der Waals surface area contributed by atoms with Crippen LogP contribution in [0.15, 0.2) is 48.5 Å². The molecular formula is C23H28ClN3O3. The second-order valence-corrected chi connectivity index (χ2v) is 8.18. The summed E-state index contributed by atoms with van der Waals surface area (Å²) in [6.45, 7) is 5.95. The zero-order chi connectivity index (χ0) is 21.7. The fourth-order valence-electron chi connectivity index (χ4n) is 3.56. The Morgan fingerprint density at radius 2 is 1.73 bits per heavy atom. The number of nitrogens with one attached hydrogen (secondary N) is 1. The van der Waals surface area contributed by atoms with Crippen molar-refractivity contribution < 1.29 is 14.3 Å². The highest BCUT2D eigenvalue weighted by Gasteiger charge is 2.26. The number of morpholine rings is 1. The lowest BCUT2D eigenvalue weighted by Gasteiger charge is -2.35. The number of amides is 3. The topological polar surface area (TPSA) is 61.9 Å². The van der Waals surface area contributed by atoms with Gasteiger partial charge in [0.2, 0.25) is 0 Å². The first kappa shape index (κ1) is 22.1. The summed E-state index contributed by atoms with van der Waals surface area (Å²) in [4.78, 5) is 28.5. The molecule has 160 valence electrons. The highest BCUT2D eigenvalue weighted by molar-refractivity contribution is 6.31. The molecular weight excluding hydrogens is 402 g/mol. The van der Waals surface area contributed by atoms with Crippen molar-refractivity contribution in [1.29, 1.82) is 0 Å². The molecule has 1 aliphatic rings. The first-order valence-corrected chi connectivity index (χ1v) is 10.5. The van der Waals surface area contributed by atoms with Crippen LogP contribution in [0.4, 0.5) is 4.79 Å². The van der Waals surface area contributed by atoms with Crippen LogP contribution in [-0.2, 0) is 17.8 Å². The molecule has 3 amide bonds. The molecule has 30 heavy (non-hydrogen) atoms. The van der Waals surface area contributed by atoms with E-state index in [1.165, 1.54) is 0 Å². The van der Waals surface area contributed by atoms with Crippen LogP contribution in [0, 0.1) is 0 Å². The average Bonchev–Trinajstić information content (AvgIpc) is 2.72. The first-order valence-electron chi connectivity index (χ1n) is 10.1. The second-order valence-electron chi connectivity index (χ2n) is 7.77. The monoisotopic (exact) mass is 429 g/mol. The molecule has 0 spiro atoms. The van der Waals surface area contributed by atoms with E-state index in [-0.39, 0.29) is 24.1 Å². The maximum absolute atomic E-state index is 12.7. The second kappa shape index (κ2) is 9.96. The SMILES string of the molecule is CC1CN(C(=O)c2ccc(CNC(=O)N(C)Cc3ccccc3Cl)cc2)CC(C)O1. The maximum Gasteiger partial charge on any atom is 0.317 e. The Morgan fingerprint density at radius 1 is 1.10 bits per heavy atom. The summed E-state index contributed by atoms with van der Waals surface area (Å²) in [5, 5.41) is 3.53. The van der Waals surface area contributed by atoms with Crippen molar-refractivity contribution in [3.8, 4) is 0 Å². The molecule has 0 aliphatic carbocycles. The van der Waals surface area contributed by atoms with Gasteiger partial charge in [-0.25, -0.2) is 4.79 Å². The Labute approximate surface area is 182 Å². The van der Waals surface area contributed by atoms with E-state index in [1.807, 2.05) is 67.3 Å². The van der Waals surface area contributed by atoms with E-state index in [1.54, 1.807) is 11.9 Å². The van der Waals surface area contributed by atoms with Crippen LogP contribution >= 0.6 is 11.6 Å². The lowest BCUT2D eigenvalue weighted by atomic mass is 10.1. The van der Waals surface area contributed by atoms with Gasteiger partial charge in [0.15, 0.2) is 0 Å². The molecule has 1 saturated heterocycles. The molecule has 1 aliphatic heterocycles. The molecule has 0 radical (unpaired) electrons. The van der Waals surface area contributed by atoms with Crippen LogP contribution in [0.3, 0.4) is 0 Å². The van der Waals surface area contributed by atoms with Crippen LogP contribution < -0.4 is 5.32 Å². The predicted molar refractivity (Wildman–Crippen MR) is 118 cm³/mol. The predicted octanol–water partition coefficient (Wildman–Crippen LogP) is 3.93. The van der Waals surface area contributed by atoms with Gasteiger partial charge in [-0.2, -0.15) is 0 Å². The number of hydrogen-bond acceptors (Lipinski definition) is 3. The third-order valence-electron chi connectivity index (χ3n) is 5.06. The molecule has 0 aromatic heterocycles. The minimum atomic E-state index is -0.189. The molecule has 1 heterocycles.